The molecule has 1 aliphatic rings. The lowest BCUT2D eigenvalue weighted by Crippen LogP contribution is -2.26. The first-order valence-corrected chi connectivity index (χ1v) is 10.1. The predicted molar refractivity (Wildman–Crippen MR) is 109 cm³/mol. The summed E-state index contributed by atoms with van der Waals surface area (Å²) in [5.74, 6) is 0.0214. The normalized spacial score (nSPS) is 13.7. The van der Waals surface area contributed by atoms with Crippen LogP contribution in [0.1, 0.15) is 28.9 Å². The molecular formula is C21H20N4O2S. The Labute approximate surface area is 167 Å². The number of thiazole rings is 1. The quantitative estimate of drug-likeness (QED) is 0.698. The standard InChI is InChI=1S/C21H20N4O2S/c26-19-4-2-12-25(19)18-7-5-15(6-8-18)20(27)23-11-9-17-14-28-21(24-17)16-3-1-10-22-13-16/h1,3,5-8,10,13-14H,2,4,9,11-12H2,(H,23,27). The summed E-state index contributed by atoms with van der Waals surface area (Å²) < 4.78 is 0. The third-order valence-corrected chi connectivity index (χ3v) is 5.58. The number of anilines is 1. The van der Waals surface area contributed by atoms with Crippen LogP contribution in [0.25, 0.3) is 10.6 Å². The number of aromatic nitrogens is 2. The van der Waals surface area contributed by atoms with Gasteiger partial charge in [-0.2, -0.15) is 0 Å². The molecule has 7 heteroatoms. The Balaban J connectivity index is 1.30. The molecular weight excluding hydrogens is 372 g/mol. The minimum atomic E-state index is -0.123. The Morgan fingerprint density at radius 3 is 2.79 bits per heavy atom. The first kappa shape index (κ1) is 18.3. The van der Waals surface area contributed by atoms with Gasteiger partial charge >= 0.3 is 0 Å². The van der Waals surface area contributed by atoms with E-state index in [9.17, 15) is 9.59 Å². The second-order valence-electron chi connectivity index (χ2n) is 6.59. The van der Waals surface area contributed by atoms with E-state index >= 15 is 0 Å². The summed E-state index contributed by atoms with van der Waals surface area (Å²) >= 11 is 1.58. The molecule has 2 amide bonds. The van der Waals surface area contributed by atoms with Gasteiger partial charge in [0.25, 0.3) is 5.91 Å². The average Bonchev–Trinajstić information content (AvgIpc) is 3.38. The largest absolute Gasteiger partial charge is 0.352 e. The van der Waals surface area contributed by atoms with E-state index < -0.39 is 0 Å². The lowest BCUT2D eigenvalue weighted by molar-refractivity contribution is -0.117. The van der Waals surface area contributed by atoms with Crippen molar-refractivity contribution in [3.63, 3.8) is 0 Å². The van der Waals surface area contributed by atoms with E-state index in [4.69, 9.17) is 0 Å². The smallest absolute Gasteiger partial charge is 0.251 e. The van der Waals surface area contributed by atoms with Crippen LogP contribution >= 0.6 is 11.3 Å². The molecule has 0 atom stereocenters. The number of hydrogen-bond acceptors (Lipinski definition) is 5. The zero-order valence-corrected chi connectivity index (χ0v) is 16.1. The van der Waals surface area contributed by atoms with Gasteiger partial charge in [0.1, 0.15) is 5.01 Å². The SMILES string of the molecule is O=C(NCCc1csc(-c2cccnc2)n1)c1ccc(N2CCCC2=O)cc1. The van der Waals surface area contributed by atoms with Crippen molar-refractivity contribution in [3.8, 4) is 10.6 Å². The highest BCUT2D eigenvalue weighted by Crippen LogP contribution is 2.23. The second-order valence-corrected chi connectivity index (χ2v) is 7.45. The fourth-order valence-corrected chi connectivity index (χ4v) is 4.01. The van der Waals surface area contributed by atoms with Crippen LogP contribution in [-0.2, 0) is 11.2 Å². The molecule has 2 aromatic heterocycles. The lowest BCUT2D eigenvalue weighted by Gasteiger charge is -2.15. The van der Waals surface area contributed by atoms with E-state index in [1.165, 1.54) is 0 Å². The molecule has 6 nitrogen and oxygen atoms in total. The van der Waals surface area contributed by atoms with E-state index in [2.05, 4.69) is 15.3 Å². The highest BCUT2D eigenvalue weighted by atomic mass is 32.1. The topological polar surface area (TPSA) is 75.2 Å². The minimum Gasteiger partial charge on any atom is -0.352 e. The van der Waals surface area contributed by atoms with Gasteiger partial charge in [-0.25, -0.2) is 4.98 Å². The van der Waals surface area contributed by atoms with Crippen molar-refractivity contribution in [2.75, 3.05) is 18.0 Å². The van der Waals surface area contributed by atoms with E-state index in [-0.39, 0.29) is 11.8 Å². The molecule has 1 N–H and O–H groups in total. The van der Waals surface area contributed by atoms with Gasteiger partial charge in [-0.15, -0.1) is 11.3 Å². The Morgan fingerprint density at radius 2 is 2.07 bits per heavy atom. The third kappa shape index (κ3) is 4.09. The molecule has 1 fully saturated rings. The van der Waals surface area contributed by atoms with Crippen molar-refractivity contribution in [2.45, 2.75) is 19.3 Å². The van der Waals surface area contributed by atoms with E-state index in [1.54, 1.807) is 40.8 Å². The number of benzene rings is 1. The molecule has 4 rings (SSSR count). The summed E-state index contributed by atoms with van der Waals surface area (Å²) in [6.45, 7) is 1.26. The van der Waals surface area contributed by atoms with Crippen LogP contribution in [0.5, 0.6) is 0 Å². The van der Waals surface area contributed by atoms with Gasteiger partial charge in [-0.05, 0) is 42.8 Å². The van der Waals surface area contributed by atoms with Crippen molar-refractivity contribution in [3.05, 3.63) is 65.4 Å². The molecule has 0 unspecified atom stereocenters. The van der Waals surface area contributed by atoms with Crippen LogP contribution in [0.15, 0.2) is 54.2 Å². The highest BCUT2D eigenvalue weighted by Gasteiger charge is 2.21. The minimum absolute atomic E-state index is 0.123. The second kappa shape index (κ2) is 8.31. The fourth-order valence-electron chi connectivity index (χ4n) is 3.16. The molecule has 1 aliphatic heterocycles. The van der Waals surface area contributed by atoms with Gasteiger partial charge < -0.3 is 10.2 Å². The summed E-state index contributed by atoms with van der Waals surface area (Å²) in [6, 6.07) is 11.1. The Hall–Kier alpha value is -3.06. The summed E-state index contributed by atoms with van der Waals surface area (Å²) in [6.07, 6.45) is 5.69. The monoisotopic (exact) mass is 392 g/mol. The third-order valence-electron chi connectivity index (χ3n) is 4.64. The molecule has 28 heavy (non-hydrogen) atoms. The van der Waals surface area contributed by atoms with Crippen molar-refractivity contribution in [2.24, 2.45) is 0 Å². The zero-order chi connectivity index (χ0) is 19.3. The summed E-state index contributed by atoms with van der Waals surface area (Å²) in [7, 11) is 0. The van der Waals surface area contributed by atoms with Crippen molar-refractivity contribution in [1.82, 2.24) is 15.3 Å². The van der Waals surface area contributed by atoms with Crippen molar-refractivity contribution >= 4 is 28.8 Å². The molecule has 1 saturated heterocycles. The van der Waals surface area contributed by atoms with Gasteiger partial charge in [-0.3, -0.25) is 14.6 Å². The molecule has 3 heterocycles. The van der Waals surface area contributed by atoms with Crippen LogP contribution in [0.3, 0.4) is 0 Å². The number of carbonyl (C=O) groups is 2. The summed E-state index contributed by atoms with van der Waals surface area (Å²) in [5, 5.41) is 5.87. The first-order valence-electron chi connectivity index (χ1n) is 9.24. The van der Waals surface area contributed by atoms with E-state index in [0.29, 0.717) is 24.9 Å². The lowest BCUT2D eigenvalue weighted by atomic mass is 10.2. The molecule has 0 aliphatic carbocycles. The number of pyridine rings is 1. The molecule has 1 aromatic carbocycles. The molecule has 3 aromatic rings. The summed E-state index contributed by atoms with van der Waals surface area (Å²) in [5.41, 5.74) is 3.39. The maximum absolute atomic E-state index is 12.3. The van der Waals surface area contributed by atoms with Gasteiger partial charge in [0.15, 0.2) is 0 Å². The Bertz CT molecular complexity index is 970. The van der Waals surface area contributed by atoms with Crippen LogP contribution in [0.4, 0.5) is 5.69 Å². The fraction of sp³-hybridized carbons (Fsp3) is 0.238. The number of amides is 2. The van der Waals surface area contributed by atoms with Crippen LogP contribution in [-0.4, -0.2) is 34.9 Å². The van der Waals surface area contributed by atoms with Crippen molar-refractivity contribution < 1.29 is 9.59 Å². The van der Waals surface area contributed by atoms with Gasteiger partial charge in [0, 0.05) is 60.5 Å². The van der Waals surface area contributed by atoms with Gasteiger partial charge in [-0.1, -0.05) is 0 Å². The number of rotatable bonds is 6. The number of nitrogens with one attached hydrogen (secondary N) is 1. The highest BCUT2D eigenvalue weighted by molar-refractivity contribution is 7.13. The van der Waals surface area contributed by atoms with Crippen LogP contribution in [0.2, 0.25) is 0 Å². The van der Waals surface area contributed by atoms with Gasteiger partial charge in [0.05, 0.1) is 5.69 Å². The maximum atomic E-state index is 12.3. The number of hydrogen-bond donors (Lipinski definition) is 1. The van der Waals surface area contributed by atoms with Crippen LogP contribution < -0.4 is 10.2 Å². The zero-order valence-electron chi connectivity index (χ0n) is 15.3. The first-order chi connectivity index (χ1) is 13.7. The predicted octanol–water partition coefficient (Wildman–Crippen LogP) is 3.30. The number of carbonyl (C=O) groups excluding carboxylic acids is 2. The summed E-state index contributed by atoms with van der Waals surface area (Å²) in [4.78, 5) is 34.6. The Morgan fingerprint density at radius 1 is 1.21 bits per heavy atom. The molecule has 0 radical (unpaired) electrons. The van der Waals surface area contributed by atoms with Gasteiger partial charge in [0.2, 0.25) is 5.91 Å². The maximum Gasteiger partial charge on any atom is 0.251 e. The molecule has 0 bridgehead atoms. The molecule has 0 saturated carbocycles. The number of nitrogens with zero attached hydrogens (tertiary/aromatic N) is 3. The average molecular weight is 392 g/mol. The van der Waals surface area contributed by atoms with E-state index in [0.717, 1.165) is 34.9 Å². The molecule has 142 valence electrons. The van der Waals surface area contributed by atoms with E-state index in [1.807, 2.05) is 29.6 Å². The molecule has 0 spiro atoms. The van der Waals surface area contributed by atoms with Crippen LogP contribution in [0, 0.1) is 0 Å². The Kier molecular flexibility index (Phi) is 5.43. The van der Waals surface area contributed by atoms with Crippen molar-refractivity contribution in [1.29, 1.82) is 0 Å².